The predicted octanol–water partition coefficient (Wildman–Crippen LogP) is 3.94. The highest BCUT2D eigenvalue weighted by Crippen LogP contribution is 2.25. The number of benzene rings is 2. The minimum absolute atomic E-state index is 0.0573. The lowest BCUT2D eigenvalue weighted by molar-refractivity contribution is -0.384. The molecule has 0 saturated carbocycles. The van der Waals surface area contributed by atoms with Crippen molar-refractivity contribution in [2.45, 2.75) is 19.4 Å². The molecule has 1 atom stereocenters. The largest absolute Gasteiger partial charge is 0.388 e. The molecule has 0 heterocycles. The van der Waals surface area contributed by atoms with Gasteiger partial charge >= 0.3 is 0 Å². The number of halogens is 1. The Balaban J connectivity index is 2.16. The number of aryl methyl sites for hydroxylation is 1. The van der Waals surface area contributed by atoms with Crippen molar-refractivity contribution in [1.82, 2.24) is 0 Å². The van der Waals surface area contributed by atoms with Gasteiger partial charge in [0.15, 0.2) is 0 Å². The summed E-state index contributed by atoms with van der Waals surface area (Å²) in [5, 5.41) is 20.9. The van der Waals surface area contributed by atoms with Crippen LogP contribution in [0.1, 0.15) is 22.8 Å². The summed E-state index contributed by atoms with van der Waals surface area (Å²) in [4.78, 5) is 10.2. The van der Waals surface area contributed by atoms with Crippen LogP contribution in [-0.2, 0) is 6.42 Å². The Bertz CT molecular complexity index is 626. The summed E-state index contributed by atoms with van der Waals surface area (Å²) in [6.45, 7) is 1.95. The van der Waals surface area contributed by atoms with Gasteiger partial charge in [-0.05, 0) is 35.7 Å². The molecule has 5 heteroatoms. The second-order valence-corrected chi connectivity index (χ2v) is 5.56. The molecule has 2 aromatic carbocycles. The first-order valence-electron chi connectivity index (χ1n) is 6.15. The van der Waals surface area contributed by atoms with Crippen molar-refractivity contribution in [3.05, 3.63) is 73.7 Å². The molecule has 2 rings (SSSR count). The number of nitro benzene ring substituents is 1. The summed E-state index contributed by atoms with van der Waals surface area (Å²) >= 11 is 3.39. The number of aliphatic hydroxyl groups excluding tert-OH is 1. The van der Waals surface area contributed by atoms with Crippen LogP contribution in [0, 0.1) is 17.0 Å². The van der Waals surface area contributed by atoms with Crippen LogP contribution in [0.4, 0.5) is 5.69 Å². The number of nitro groups is 1. The van der Waals surface area contributed by atoms with Crippen LogP contribution in [0.2, 0.25) is 0 Å². The number of nitrogens with zero attached hydrogens (tertiary/aromatic N) is 1. The van der Waals surface area contributed by atoms with E-state index in [4.69, 9.17) is 0 Å². The van der Waals surface area contributed by atoms with E-state index in [0.717, 1.165) is 21.2 Å². The SMILES string of the molecule is Cc1ccc(Br)cc1C(O)Cc1ccc([N+](=O)[O-])cc1. The van der Waals surface area contributed by atoms with Gasteiger partial charge in [-0.1, -0.05) is 34.1 Å². The number of hydrogen-bond donors (Lipinski definition) is 1. The van der Waals surface area contributed by atoms with Crippen molar-refractivity contribution < 1.29 is 10.0 Å². The summed E-state index contributed by atoms with van der Waals surface area (Å²) in [6, 6.07) is 12.0. The van der Waals surface area contributed by atoms with Crippen molar-refractivity contribution in [2.75, 3.05) is 0 Å². The topological polar surface area (TPSA) is 63.4 Å². The quantitative estimate of drug-likeness (QED) is 0.679. The smallest absolute Gasteiger partial charge is 0.269 e. The maximum Gasteiger partial charge on any atom is 0.269 e. The Kier molecular flexibility index (Phi) is 4.52. The van der Waals surface area contributed by atoms with E-state index in [-0.39, 0.29) is 5.69 Å². The van der Waals surface area contributed by atoms with Crippen LogP contribution in [-0.4, -0.2) is 10.0 Å². The molecule has 104 valence electrons. The zero-order valence-corrected chi connectivity index (χ0v) is 12.5. The van der Waals surface area contributed by atoms with Crippen LogP contribution in [0.3, 0.4) is 0 Å². The van der Waals surface area contributed by atoms with Crippen LogP contribution in [0.5, 0.6) is 0 Å². The zero-order chi connectivity index (χ0) is 14.7. The standard InChI is InChI=1S/C15H14BrNO3/c1-10-2-5-12(16)9-14(10)15(18)8-11-3-6-13(7-4-11)17(19)20/h2-7,9,15,18H,8H2,1H3. The maximum absolute atomic E-state index is 10.6. The first-order chi connectivity index (χ1) is 9.47. The monoisotopic (exact) mass is 335 g/mol. The van der Waals surface area contributed by atoms with Crippen molar-refractivity contribution in [3.8, 4) is 0 Å². The Morgan fingerprint density at radius 3 is 2.50 bits per heavy atom. The summed E-state index contributed by atoms with van der Waals surface area (Å²) in [5.41, 5.74) is 2.80. The predicted molar refractivity (Wildman–Crippen MR) is 80.6 cm³/mol. The molecule has 0 fully saturated rings. The maximum atomic E-state index is 10.6. The fourth-order valence-corrected chi connectivity index (χ4v) is 2.44. The summed E-state index contributed by atoms with van der Waals surface area (Å²) in [5.74, 6) is 0. The Hall–Kier alpha value is -1.72. The van der Waals surface area contributed by atoms with Crippen LogP contribution in [0.25, 0.3) is 0 Å². The molecule has 1 unspecified atom stereocenters. The highest BCUT2D eigenvalue weighted by atomic mass is 79.9. The van der Waals surface area contributed by atoms with Gasteiger partial charge in [0.2, 0.25) is 0 Å². The van der Waals surface area contributed by atoms with Crippen molar-refractivity contribution in [3.63, 3.8) is 0 Å². The van der Waals surface area contributed by atoms with Gasteiger partial charge < -0.3 is 5.11 Å². The molecule has 0 aliphatic carbocycles. The molecular weight excluding hydrogens is 322 g/mol. The van der Waals surface area contributed by atoms with Crippen LogP contribution >= 0.6 is 15.9 Å². The summed E-state index contributed by atoms with van der Waals surface area (Å²) < 4.78 is 0.917. The Morgan fingerprint density at radius 1 is 1.25 bits per heavy atom. The normalized spacial score (nSPS) is 12.2. The molecule has 2 aromatic rings. The molecule has 0 bridgehead atoms. The molecule has 0 radical (unpaired) electrons. The zero-order valence-electron chi connectivity index (χ0n) is 10.9. The summed E-state index contributed by atoms with van der Waals surface area (Å²) in [7, 11) is 0. The molecule has 0 spiro atoms. The molecule has 0 aliphatic rings. The van der Waals surface area contributed by atoms with Crippen molar-refractivity contribution >= 4 is 21.6 Å². The fraction of sp³-hybridized carbons (Fsp3) is 0.200. The fourth-order valence-electron chi connectivity index (χ4n) is 2.06. The molecular formula is C15H14BrNO3. The molecule has 0 aromatic heterocycles. The van der Waals surface area contributed by atoms with Crippen molar-refractivity contribution in [1.29, 1.82) is 0 Å². The third-order valence-electron chi connectivity index (χ3n) is 3.18. The molecule has 4 nitrogen and oxygen atoms in total. The van der Waals surface area contributed by atoms with Gasteiger partial charge in [-0.25, -0.2) is 0 Å². The summed E-state index contributed by atoms with van der Waals surface area (Å²) in [6.07, 6.45) is -0.205. The number of aliphatic hydroxyl groups is 1. The van der Waals surface area contributed by atoms with Gasteiger partial charge in [-0.15, -0.1) is 0 Å². The van der Waals surface area contributed by atoms with Gasteiger partial charge in [0, 0.05) is 23.0 Å². The molecule has 0 amide bonds. The molecule has 20 heavy (non-hydrogen) atoms. The minimum Gasteiger partial charge on any atom is -0.388 e. The first kappa shape index (κ1) is 14.7. The lowest BCUT2D eigenvalue weighted by Gasteiger charge is -2.14. The lowest BCUT2D eigenvalue weighted by Crippen LogP contribution is -2.04. The second kappa shape index (κ2) is 6.15. The van der Waals surface area contributed by atoms with Crippen molar-refractivity contribution in [2.24, 2.45) is 0 Å². The molecule has 0 aliphatic heterocycles. The average Bonchev–Trinajstić information content (AvgIpc) is 2.42. The van der Waals surface area contributed by atoms with E-state index < -0.39 is 11.0 Å². The van der Waals surface area contributed by atoms with E-state index in [9.17, 15) is 15.2 Å². The average molecular weight is 336 g/mol. The first-order valence-corrected chi connectivity index (χ1v) is 6.94. The molecule has 1 N–H and O–H groups in total. The van der Waals surface area contributed by atoms with E-state index in [2.05, 4.69) is 15.9 Å². The third-order valence-corrected chi connectivity index (χ3v) is 3.67. The second-order valence-electron chi connectivity index (χ2n) is 4.64. The van der Waals surface area contributed by atoms with Crippen LogP contribution < -0.4 is 0 Å². The number of non-ortho nitro benzene ring substituents is 1. The highest BCUT2D eigenvalue weighted by molar-refractivity contribution is 9.10. The van der Waals surface area contributed by atoms with E-state index in [1.165, 1.54) is 12.1 Å². The third kappa shape index (κ3) is 3.43. The van der Waals surface area contributed by atoms with Gasteiger partial charge in [-0.2, -0.15) is 0 Å². The van der Waals surface area contributed by atoms with E-state index in [1.54, 1.807) is 12.1 Å². The van der Waals surface area contributed by atoms with Gasteiger partial charge in [0.1, 0.15) is 0 Å². The Labute approximate surface area is 125 Å². The van der Waals surface area contributed by atoms with Crippen LogP contribution in [0.15, 0.2) is 46.9 Å². The minimum atomic E-state index is -0.631. The van der Waals surface area contributed by atoms with E-state index >= 15 is 0 Å². The number of rotatable bonds is 4. The Morgan fingerprint density at radius 2 is 1.90 bits per heavy atom. The van der Waals surface area contributed by atoms with Gasteiger partial charge in [0.05, 0.1) is 11.0 Å². The van der Waals surface area contributed by atoms with Gasteiger partial charge in [0.25, 0.3) is 5.69 Å². The molecule has 0 saturated heterocycles. The van der Waals surface area contributed by atoms with Gasteiger partial charge in [-0.3, -0.25) is 10.1 Å². The number of hydrogen-bond acceptors (Lipinski definition) is 3. The van der Waals surface area contributed by atoms with E-state index in [1.807, 2.05) is 25.1 Å². The van der Waals surface area contributed by atoms with E-state index in [0.29, 0.717) is 6.42 Å². The highest BCUT2D eigenvalue weighted by Gasteiger charge is 2.13. The lowest BCUT2D eigenvalue weighted by atomic mass is 9.98.